The average Bonchev–Trinajstić information content (AvgIpc) is 2.80. The first-order valence-corrected chi connectivity index (χ1v) is 9.19. The highest BCUT2D eigenvalue weighted by Crippen LogP contribution is 2.66. The van der Waals surface area contributed by atoms with Gasteiger partial charge in [0, 0.05) is 11.0 Å². The Hall–Kier alpha value is -0.870. The van der Waals surface area contributed by atoms with Gasteiger partial charge in [0.05, 0.1) is 14.1 Å². The van der Waals surface area contributed by atoms with E-state index < -0.39 is 0 Å². The van der Waals surface area contributed by atoms with E-state index in [1.807, 2.05) is 18.2 Å². The minimum Gasteiger partial charge on any atom is -1.00 e. The number of carbonyl (C=O) groups excluding carboxylic acids is 1. The van der Waals surface area contributed by atoms with Crippen LogP contribution < -0.4 is 17.0 Å². The molecule has 0 radical (unpaired) electrons. The number of likely N-dealkylation sites (N-methyl/N-ethyl adjacent to an activating group) is 1. The highest BCUT2D eigenvalue weighted by molar-refractivity contribution is 5.71. The van der Waals surface area contributed by atoms with Crippen molar-refractivity contribution in [1.29, 1.82) is 0 Å². The van der Waals surface area contributed by atoms with Gasteiger partial charge in [0.15, 0.2) is 6.54 Å². The Morgan fingerprint density at radius 3 is 2.36 bits per heavy atom. The summed E-state index contributed by atoms with van der Waals surface area (Å²) in [6, 6.07) is 10.3. The third-order valence-corrected chi connectivity index (χ3v) is 7.00. The fourth-order valence-corrected chi connectivity index (χ4v) is 4.99. The van der Waals surface area contributed by atoms with E-state index in [0.29, 0.717) is 16.9 Å². The van der Waals surface area contributed by atoms with E-state index in [0.717, 1.165) is 13.0 Å². The average molecular weight is 410 g/mol. The number of carbonyl (C=O) groups is 1. The highest BCUT2D eigenvalue weighted by Gasteiger charge is 2.62. The first kappa shape index (κ1) is 20.4. The highest BCUT2D eigenvalue weighted by atomic mass is 79.9. The molecule has 0 saturated heterocycles. The molecule has 25 heavy (non-hydrogen) atoms. The summed E-state index contributed by atoms with van der Waals surface area (Å²) >= 11 is 0. The van der Waals surface area contributed by atoms with Crippen LogP contribution in [0.1, 0.15) is 45.6 Å². The molecule has 0 heterocycles. The van der Waals surface area contributed by atoms with E-state index in [4.69, 9.17) is 4.74 Å². The van der Waals surface area contributed by atoms with Crippen LogP contribution in [0.5, 0.6) is 0 Å². The normalized spacial score (nSPS) is 30.0. The summed E-state index contributed by atoms with van der Waals surface area (Å²) in [6.45, 7) is 8.29. The lowest BCUT2D eigenvalue weighted by Crippen LogP contribution is -3.00. The molecule has 3 unspecified atom stereocenters. The summed E-state index contributed by atoms with van der Waals surface area (Å²) in [5, 5.41) is 0. The topological polar surface area (TPSA) is 26.3 Å². The Balaban J connectivity index is 0.00000225. The Labute approximate surface area is 163 Å². The molecule has 0 spiro atoms. The molecule has 4 heteroatoms. The number of hydrogen-bond acceptors (Lipinski definition) is 2. The number of quaternary nitrogens is 1. The van der Waals surface area contributed by atoms with Gasteiger partial charge in [-0.25, -0.2) is 4.79 Å². The molecular weight excluding hydrogens is 378 g/mol. The van der Waals surface area contributed by atoms with Gasteiger partial charge in [-0.3, -0.25) is 0 Å². The molecule has 3 nitrogen and oxygen atoms in total. The molecule has 0 N–H and O–H groups in total. The quantitative estimate of drug-likeness (QED) is 0.536. The molecule has 0 amide bonds. The summed E-state index contributed by atoms with van der Waals surface area (Å²) in [5.41, 5.74) is 1.68. The number of ether oxygens (including phenoxy) is 1. The standard InChI is InChI=1S/C21H32NO2.BrH/c1-20(2)17-11-12-21(20,3)18(13-17)24-19(23)15-22(4,5)14-16-9-7-6-8-10-16;/h6-10,17-18H,11-15H2,1-5H3;1H/q+1;/p-1. The van der Waals surface area contributed by atoms with Crippen molar-refractivity contribution < 1.29 is 31.0 Å². The third kappa shape index (κ3) is 3.80. The molecular formula is C21H32BrNO2. The first-order valence-electron chi connectivity index (χ1n) is 9.19. The maximum atomic E-state index is 12.6. The molecule has 2 saturated carbocycles. The van der Waals surface area contributed by atoms with Crippen molar-refractivity contribution >= 4 is 5.97 Å². The fraction of sp³-hybridized carbons (Fsp3) is 0.667. The third-order valence-electron chi connectivity index (χ3n) is 7.00. The molecule has 3 rings (SSSR count). The van der Waals surface area contributed by atoms with Crippen molar-refractivity contribution in [3.8, 4) is 0 Å². The van der Waals surface area contributed by atoms with Crippen LogP contribution in [0.4, 0.5) is 0 Å². The smallest absolute Gasteiger partial charge is 0.362 e. The predicted octanol–water partition coefficient (Wildman–Crippen LogP) is 1.03. The number of fused-ring (bicyclic) bond motifs is 2. The lowest BCUT2D eigenvalue weighted by molar-refractivity contribution is -0.896. The first-order chi connectivity index (χ1) is 11.1. The van der Waals surface area contributed by atoms with Crippen molar-refractivity contribution in [1.82, 2.24) is 0 Å². The van der Waals surface area contributed by atoms with Crippen LogP contribution >= 0.6 is 0 Å². The van der Waals surface area contributed by atoms with Gasteiger partial charge in [-0.1, -0.05) is 51.1 Å². The molecule has 0 aliphatic heterocycles. The van der Waals surface area contributed by atoms with E-state index in [1.54, 1.807) is 0 Å². The molecule has 1 aromatic rings. The monoisotopic (exact) mass is 409 g/mol. The molecule has 2 bridgehead atoms. The van der Waals surface area contributed by atoms with Crippen LogP contribution in [0.15, 0.2) is 30.3 Å². The summed E-state index contributed by atoms with van der Waals surface area (Å²) in [5.74, 6) is 0.651. The van der Waals surface area contributed by atoms with Gasteiger partial charge in [-0.05, 0) is 30.6 Å². The van der Waals surface area contributed by atoms with Gasteiger partial charge in [-0.15, -0.1) is 0 Å². The predicted molar refractivity (Wildman–Crippen MR) is 96.2 cm³/mol. The van der Waals surface area contributed by atoms with Gasteiger partial charge < -0.3 is 26.2 Å². The molecule has 3 atom stereocenters. The molecule has 0 aromatic heterocycles. The molecule has 140 valence electrons. The second-order valence-electron chi connectivity index (χ2n) is 9.33. The largest absolute Gasteiger partial charge is 1.00 e. The van der Waals surface area contributed by atoms with Crippen molar-refractivity contribution in [2.75, 3.05) is 20.6 Å². The second-order valence-corrected chi connectivity index (χ2v) is 9.33. The minimum atomic E-state index is -0.0505. The van der Waals surface area contributed by atoms with Gasteiger partial charge in [0.2, 0.25) is 0 Å². The Kier molecular flexibility index (Phi) is 5.75. The molecule has 2 aliphatic rings. The summed E-state index contributed by atoms with van der Waals surface area (Å²) in [7, 11) is 4.20. The lowest BCUT2D eigenvalue weighted by Gasteiger charge is -2.39. The number of esters is 1. The van der Waals surface area contributed by atoms with Crippen molar-refractivity contribution in [2.24, 2.45) is 16.7 Å². The van der Waals surface area contributed by atoms with Gasteiger partial charge in [0.1, 0.15) is 12.6 Å². The van der Waals surface area contributed by atoms with E-state index in [2.05, 4.69) is 47.0 Å². The van der Waals surface area contributed by atoms with Crippen LogP contribution in [0.3, 0.4) is 0 Å². The van der Waals surface area contributed by atoms with Crippen molar-refractivity contribution in [2.45, 2.75) is 52.7 Å². The Morgan fingerprint density at radius 2 is 1.84 bits per heavy atom. The van der Waals surface area contributed by atoms with Crippen LogP contribution in [0.25, 0.3) is 0 Å². The number of nitrogens with zero attached hydrogens (tertiary/aromatic N) is 1. The van der Waals surface area contributed by atoms with E-state index in [1.165, 1.54) is 18.4 Å². The Bertz CT molecular complexity index is 614. The number of halogens is 1. The zero-order valence-electron chi connectivity index (χ0n) is 16.2. The second kappa shape index (κ2) is 7.03. The van der Waals surface area contributed by atoms with Crippen molar-refractivity contribution in [3.05, 3.63) is 35.9 Å². The van der Waals surface area contributed by atoms with Crippen molar-refractivity contribution in [3.63, 3.8) is 0 Å². The zero-order valence-corrected chi connectivity index (χ0v) is 17.8. The molecule has 2 fully saturated rings. The van der Waals surface area contributed by atoms with E-state index in [-0.39, 0.29) is 39.9 Å². The maximum Gasteiger partial charge on any atom is 0.362 e. The minimum absolute atomic E-state index is 0. The summed E-state index contributed by atoms with van der Waals surface area (Å²) < 4.78 is 6.63. The molecule has 2 aliphatic carbocycles. The zero-order chi connectivity index (χ0) is 17.6. The maximum absolute atomic E-state index is 12.6. The Morgan fingerprint density at radius 1 is 1.20 bits per heavy atom. The van der Waals surface area contributed by atoms with Crippen LogP contribution in [0, 0.1) is 16.7 Å². The van der Waals surface area contributed by atoms with E-state index >= 15 is 0 Å². The summed E-state index contributed by atoms with van der Waals surface area (Å²) in [4.78, 5) is 12.6. The van der Waals surface area contributed by atoms with E-state index in [9.17, 15) is 4.79 Å². The number of hydrogen-bond donors (Lipinski definition) is 0. The van der Waals surface area contributed by atoms with Crippen LogP contribution in [-0.2, 0) is 16.1 Å². The molecule has 1 aromatic carbocycles. The van der Waals surface area contributed by atoms with Gasteiger partial charge in [0.25, 0.3) is 0 Å². The number of rotatable bonds is 5. The van der Waals surface area contributed by atoms with Gasteiger partial charge >= 0.3 is 5.97 Å². The van der Waals surface area contributed by atoms with Crippen LogP contribution in [0.2, 0.25) is 0 Å². The fourth-order valence-electron chi connectivity index (χ4n) is 4.99. The summed E-state index contributed by atoms with van der Waals surface area (Å²) in [6.07, 6.45) is 3.61. The van der Waals surface area contributed by atoms with Gasteiger partial charge in [-0.2, -0.15) is 0 Å². The lowest BCUT2D eigenvalue weighted by atomic mass is 9.70. The number of benzene rings is 1. The SMILES string of the molecule is CC1(C)C2CCC1(C)C(OC(=O)C[N+](C)(C)Cc1ccccc1)C2.[Br-]. The van der Waals surface area contributed by atoms with Crippen LogP contribution in [-0.4, -0.2) is 37.2 Å².